The molecular formula is C15H17FO3. The first-order valence-corrected chi connectivity index (χ1v) is 6.42. The number of unbranched alkanes of at least 4 members (excludes halogenated alkanes) is 1. The number of hydrogen-bond donors (Lipinski definition) is 1. The van der Waals surface area contributed by atoms with E-state index in [2.05, 4.69) is 0 Å². The third-order valence-electron chi connectivity index (χ3n) is 3.25. The minimum Gasteiger partial charge on any atom is -0.463 e. The highest BCUT2D eigenvalue weighted by molar-refractivity contribution is 5.86. The zero-order chi connectivity index (χ0) is 13.9. The first kappa shape index (κ1) is 13.7. The summed E-state index contributed by atoms with van der Waals surface area (Å²) in [5.41, 5.74) is -1.77. The lowest BCUT2D eigenvalue weighted by atomic mass is 9.82. The molecule has 0 saturated carbocycles. The molecule has 0 aromatic heterocycles. The van der Waals surface area contributed by atoms with E-state index < -0.39 is 17.7 Å². The van der Waals surface area contributed by atoms with E-state index in [1.807, 2.05) is 6.92 Å². The molecule has 1 N–H and O–H groups in total. The maximum atomic E-state index is 15.0. The van der Waals surface area contributed by atoms with Crippen molar-refractivity contribution in [2.45, 2.75) is 31.5 Å². The van der Waals surface area contributed by atoms with Crippen LogP contribution in [0, 0.1) is 0 Å². The average molecular weight is 264 g/mol. The van der Waals surface area contributed by atoms with Gasteiger partial charge in [-0.3, -0.25) is 0 Å². The first-order valence-electron chi connectivity index (χ1n) is 6.42. The Bertz CT molecular complexity index is 498. The number of carbonyl (C=O) groups is 1. The largest absolute Gasteiger partial charge is 0.463 e. The fourth-order valence-corrected chi connectivity index (χ4v) is 2.11. The number of carbonyl (C=O) groups excluding carboxylic acids is 1. The number of fused-ring (bicyclic) bond motifs is 1. The predicted octanol–water partition coefficient (Wildman–Crippen LogP) is 2.58. The summed E-state index contributed by atoms with van der Waals surface area (Å²) in [6.07, 6.45) is 2.90. The van der Waals surface area contributed by atoms with Gasteiger partial charge in [0.2, 0.25) is 0 Å². The summed E-state index contributed by atoms with van der Waals surface area (Å²) in [6.45, 7) is 2.12. The Hall–Kier alpha value is -1.68. The summed E-state index contributed by atoms with van der Waals surface area (Å²) >= 11 is 0. The minimum atomic E-state index is -2.51. The maximum Gasteiger partial charge on any atom is 0.351 e. The number of ether oxygens (including phenoxy) is 1. The number of rotatable bonds is 4. The Morgan fingerprint density at radius 2 is 2.21 bits per heavy atom. The van der Waals surface area contributed by atoms with Crippen molar-refractivity contribution in [1.82, 2.24) is 0 Å². The Morgan fingerprint density at radius 1 is 1.47 bits per heavy atom. The maximum absolute atomic E-state index is 15.0. The molecule has 2 unspecified atom stereocenters. The highest BCUT2D eigenvalue weighted by atomic mass is 19.1. The van der Waals surface area contributed by atoms with Crippen molar-refractivity contribution in [2.75, 3.05) is 6.61 Å². The lowest BCUT2D eigenvalue weighted by Gasteiger charge is -2.31. The predicted molar refractivity (Wildman–Crippen MR) is 70.1 cm³/mol. The number of aliphatic hydroxyl groups excluding tert-OH is 1. The summed E-state index contributed by atoms with van der Waals surface area (Å²) in [5.74, 6) is -1.02. The van der Waals surface area contributed by atoms with E-state index in [-0.39, 0.29) is 12.2 Å². The third-order valence-corrected chi connectivity index (χ3v) is 3.25. The van der Waals surface area contributed by atoms with Gasteiger partial charge >= 0.3 is 5.97 Å². The van der Waals surface area contributed by atoms with Crippen LogP contribution in [0.1, 0.15) is 30.9 Å². The molecule has 102 valence electrons. The number of halogens is 1. The molecule has 1 aromatic carbocycles. The van der Waals surface area contributed by atoms with E-state index in [0.29, 0.717) is 12.0 Å². The Morgan fingerprint density at radius 3 is 2.95 bits per heavy atom. The van der Waals surface area contributed by atoms with Gasteiger partial charge in [-0.15, -0.1) is 0 Å². The van der Waals surface area contributed by atoms with Gasteiger partial charge in [-0.2, -0.15) is 0 Å². The van der Waals surface area contributed by atoms with Crippen LogP contribution in [-0.2, 0) is 15.2 Å². The van der Waals surface area contributed by atoms with Crippen molar-refractivity contribution >= 4 is 12.0 Å². The molecule has 0 bridgehead atoms. The molecular weight excluding hydrogens is 247 g/mol. The molecule has 3 nitrogen and oxygen atoms in total. The monoisotopic (exact) mass is 264 g/mol. The Kier molecular flexibility index (Phi) is 4.00. The van der Waals surface area contributed by atoms with Gasteiger partial charge in [0.15, 0.2) is 0 Å². The van der Waals surface area contributed by atoms with E-state index in [9.17, 15) is 9.90 Å². The van der Waals surface area contributed by atoms with E-state index in [4.69, 9.17) is 4.74 Å². The molecule has 0 heterocycles. The van der Waals surface area contributed by atoms with Crippen LogP contribution in [0.5, 0.6) is 0 Å². The molecule has 2 atom stereocenters. The molecule has 1 aliphatic rings. The molecule has 0 saturated heterocycles. The van der Waals surface area contributed by atoms with Crippen LogP contribution in [0.3, 0.4) is 0 Å². The van der Waals surface area contributed by atoms with Gasteiger partial charge in [0.25, 0.3) is 5.67 Å². The molecule has 0 radical (unpaired) electrons. The molecule has 0 aliphatic heterocycles. The van der Waals surface area contributed by atoms with Crippen LogP contribution in [0.2, 0.25) is 0 Å². The molecule has 19 heavy (non-hydrogen) atoms. The molecule has 1 aliphatic carbocycles. The number of alkyl halides is 1. The van der Waals surface area contributed by atoms with Crippen LogP contribution in [0.25, 0.3) is 6.08 Å². The van der Waals surface area contributed by atoms with E-state index >= 15 is 4.39 Å². The van der Waals surface area contributed by atoms with Crippen molar-refractivity contribution in [3.63, 3.8) is 0 Å². The summed E-state index contributed by atoms with van der Waals surface area (Å²) in [7, 11) is 0. The lowest BCUT2D eigenvalue weighted by Crippen LogP contribution is -2.45. The van der Waals surface area contributed by atoms with Gasteiger partial charge < -0.3 is 9.84 Å². The Balaban J connectivity index is 2.30. The van der Waals surface area contributed by atoms with Gasteiger partial charge in [-0.25, -0.2) is 9.18 Å². The number of hydrogen-bond acceptors (Lipinski definition) is 3. The second kappa shape index (κ2) is 5.53. The van der Waals surface area contributed by atoms with E-state index in [0.717, 1.165) is 6.42 Å². The molecule has 1 aromatic rings. The van der Waals surface area contributed by atoms with E-state index in [1.54, 1.807) is 24.3 Å². The van der Waals surface area contributed by atoms with Gasteiger partial charge in [-0.05, 0) is 12.0 Å². The fraction of sp³-hybridized carbons (Fsp3) is 0.400. The number of aliphatic hydroxyl groups is 1. The zero-order valence-corrected chi connectivity index (χ0v) is 10.8. The third kappa shape index (κ3) is 2.40. The Labute approximate surface area is 111 Å². The summed E-state index contributed by atoms with van der Waals surface area (Å²) < 4.78 is 19.9. The van der Waals surface area contributed by atoms with Gasteiger partial charge in [0, 0.05) is 5.56 Å². The van der Waals surface area contributed by atoms with Crippen LogP contribution in [0.15, 0.2) is 30.3 Å². The van der Waals surface area contributed by atoms with Crippen molar-refractivity contribution in [1.29, 1.82) is 0 Å². The standard InChI is InChI=1S/C15H17FO3/c1-2-3-10-19-14(18)15(16)12-7-5-4-6-11(12)8-9-13(15)17/h4-9,13,17H,2-3,10H2,1H3. The molecule has 0 fully saturated rings. The highest BCUT2D eigenvalue weighted by Gasteiger charge is 2.50. The molecule has 2 rings (SSSR count). The zero-order valence-electron chi connectivity index (χ0n) is 10.8. The normalized spacial score (nSPS) is 24.9. The molecule has 0 spiro atoms. The van der Waals surface area contributed by atoms with E-state index in [1.165, 1.54) is 12.1 Å². The van der Waals surface area contributed by atoms with Crippen LogP contribution >= 0.6 is 0 Å². The fourth-order valence-electron chi connectivity index (χ4n) is 2.11. The molecule has 0 amide bonds. The van der Waals surface area contributed by atoms with Crippen molar-refractivity contribution in [2.24, 2.45) is 0 Å². The van der Waals surface area contributed by atoms with Crippen molar-refractivity contribution in [3.8, 4) is 0 Å². The minimum absolute atomic E-state index is 0.159. The SMILES string of the molecule is CCCCOC(=O)C1(F)c2ccccc2C=CC1O. The second-order valence-electron chi connectivity index (χ2n) is 4.59. The average Bonchev–Trinajstić information content (AvgIpc) is 2.43. The van der Waals surface area contributed by atoms with Crippen molar-refractivity contribution in [3.05, 3.63) is 41.5 Å². The van der Waals surface area contributed by atoms with Gasteiger partial charge in [0.1, 0.15) is 6.10 Å². The summed E-state index contributed by atoms with van der Waals surface area (Å²) in [6, 6.07) is 6.59. The first-order chi connectivity index (χ1) is 9.10. The van der Waals surface area contributed by atoms with Gasteiger partial charge in [-0.1, -0.05) is 49.8 Å². The summed E-state index contributed by atoms with van der Waals surface area (Å²) in [5, 5.41) is 9.84. The topological polar surface area (TPSA) is 46.5 Å². The smallest absolute Gasteiger partial charge is 0.351 e. The van der Waals surface area contributed by atoms with Crippen LogP contribution in [-0.4, -0.2) is 23.8 Å². The highest BCUT2D eigenvalue weighted by Crippen LogP contribution is 2.38. The second-order valence-corrected chi connectivity index (χ2v) is 4.59. The van der Waals surface area contributed by atoms with Gasteiger partial charge in [0.05, 0.1) is 6.61 Å². The lowest BCUT2D eigenvalue weighted by molar-refractivity contribution is -0.165. The quantitative estimate of drug-likeness (QED) is 0.671. The summed E-state index contributed by atoms with van der Waals surface area (Å²) in [4.78, 5) is 12.0. The van der Waals surface area contributed by atoms with Crippen molar-refractivity contribution < 1.29 is 19.0 Å². The van der Waals surface area contributed by atoms with Crippen LogP contribution in [0.4, 0.5) is 4.39 Å². The molecule has 4 heteroatoms. The van der Waals surface area contributed by atoms with Crippen LogP contribution < -0.4 is 0 Å². The number of esters is 1. The number of benzene rings is 1.